The van der Waals surface area contributed by atoms with Crippen molar-refractivity contribution in [2.24, 2.45) is 0 Å². The van der Waals surface area contributed by atoms with Gasteiger partial charge in [-0.1, -0.05) is 24.3 Å². The van der Waals surface area contributed by atoms with Gasteiger partial charge in [-0.25, -0.2) is 4.79 Å². The molecule has 0 spiro atoms. The van der Waals surface area contributed by atoms with E-state index in [4.69, 9.17) is 4.42 Å². The second-order valence-corrected chi connectivity index (χ2v) is 5.98. The number of carbonyl (C=O) groups excluding carboxylic acids is 1. The van der Waals surface area contributed by atoms with Gasteiger partial charge in [0.15, 0.2) is 11.4 Å². The zero-order valence-electron chi connectivity index (χ0n) is 13.7. The highest BCUT2D eigenvalue weighted by atomic mass is 16.4. The minimum absolute atomic E-state index is 0.116. The Morgan fingerprint density at radius 1 is 1.08 bits per heavy atom. The molecule has 25 heavy (non-hydrogen) atoms. The van der Waals surface area contributed by atoms with Crippen LogP contribution in [0.5, 0.6) is 5.75 Å². The molecule has 1 N–H and O–H groups in total. The van der Waals surface area contributed by atoms with E-state index < -0.39 is 5.63 Å². The molecule has 0 aliphatic carbocycles. The second kappa shape index (κ2) is 5.34. The van der Waals surface area contributed by atoms with Gasteiger partial charge in [0, 0.05) is 22.8 Å². The third-order valence-electron chi connectivity index (χ3n) is 4.40. The standard InChI is InChI=1S/C20H15NO4/c1-11-17(12(2)22)19-18(21(11)13-6-5-7-14(23)10-13)15-8-3-4-9-16(15)20(24)25-19/h3-10,23H,1-2H3. The largest absolute Gasteiger partial charge is 0.508 e. The van der Waals surface area contributed by atoms with Crippen molar-refractivity contribution < 1.29 is 14.3 Å². The summed E-state index contributed by atoms with van der Waals surface area (Å²) in [5.74, 6) is -0.0651. The number of carbonyl (C=O) groups is 1. The predicted molar refractivity (Wildman–Crippen MR) is 95.7 cm³/mol. The van der Waals surface area contributed by atoms with E-state index in [-0.39, 0.29) is 17.1 Å². The van der Waals surface area contributed by atoms with E-state index >= 15 is 0 Å². The minimum Gasteiger partial charge on any atom is -0.508 e. The molecule has 124 valence electrons. The van der Waals surface area contributed by atoms with Crippen LogP contribution in [0.25, 0.3) is 27.6 Å². The summed E-state index contributed by atoms with van der Waals surface area (Å²) in [6.07, 6.45) is 0. The lowest BCUT2D eigenvalue weighted by Crippen LogP contribution is -2.01. The average Bonchev–Trinajstić information content (AvgIpc) is 2.87. The van der Waals surface area contributed by atoms with Crippen molar-refractivity contribution in [3.63, 3.8) is 0 Å². The SMILES string of the molecule is CC(=O)c1c(C)n(-c2cccc(O)c2)c2c1oc(=O)c1ccccc12. The molecule has 4 aromatic rings. The maximum absolute atomic E-state index is 12.4. The second-order valence-electron chi connectivity index (χ2n) is 5.98. The van der Waals surface area contributed by atoms with Gasteiger partial charge < -0.3 is 14.1 Å². The first-order valence-corrected chi connectivity index (χ1v) is 7.86. The molecular weight excluding hydrogens is 318 g/mol. The van der Waals surface area contributed by atoms with Gasteiger partial charge in [0.25, 0.3) is 0 Å². The van der Waals surface area contributed by atoms with Gasteiger partial charge in [-0.15, -0.1) is 0 Å². The first kappa shape index (κ1) is 15.2. The molecular formula is C20H15NO4. The number of rotatable bonds is 2. The zero-order chi connectivity index (χ0) is 17.7. The quantitative estimate of drug-likeness (QED) is 0.564. The smallest absolute Gasteiger partial charge is 0.344 e. The van der Waals surface area contributed by atoms with Gasteiger partial charge in [0.05, 0.1) is 16.5 Å². The Bertz CT molecular complexity index is 1210. The van der Waals surface area contributed by atoms with Crippen LogP contribution in [0.3, 0.4) is 0 Å². The average molecular weight is 333 g/mol. The molecule has 0 aliphatic heterocycles. The number of phenolic OH excluding ortho intramolecular Hbond substituents is 1. The fourth-order valence-electron chi connectivity index (χ4n) is 3.39. The summed E-state index contributed by atoms with van der Waals surface area (Å²) in [6.45, 7) is 3.25. The molecule has 0 bridgehead atoms. The van der Waals surface area contributed by atoms with E-state index in [9.17, 15) is 14.7 Å². The summed E-state index contributed by atoms with van der Waals surface area (Å²) in [5, 5.41) is 11.0. The van der Waals surface area contributed by atoms with Crippen molar-refractivity contribution in [3.8, 4) is 11.4 Å². The molecule has 0 unspecified atom stereocenters. The first-order chi connectivity index (χ1) is 12.0. The number of nitrogens with zero attached hydrogens (tertiary/aromatic N) is 1. The Labute approximate surface area is 142 Å². The Morgan fingerprint density at radius 3 is 2.48 bits per heavy atom. The van der Waals surface area contributed by atoms with Crippen LogP contribution >= 0.6 is 0 Å². The number of ketones is 1. The van der Waals surface area contributed by atoms with Crippen molar-refractivity contribution in [1.82, 2.24) is 4.57 Å². The molecule has 5 heteroatoms. The molecule has 0 atom stereocenters. The van der Waals surface area contributed by atoms with Crippen LogP contribution in [0.2, 0.25) is 0 Å². The zero-order valence-corrected chi connectivity index (χ0v) is 13.7. The Balaban J connectivity index is 2.30. The number of Topliss-reactive ketones (excluding diaryl/α,β-unsaturated/α-hetero) is 1. The van der Waals surface area contributed by atoms with Gasteiger partial charge in [0.2, 0.25) is 0 Å². The van der Waals surface area contributed by atoms with Crippen LogP contribution < -0.4 is 5.63 Å². The molecule has 0 fully saturated rings. The molecule has 0 aliphatic rings. The molecule has 2 heterocycles. The number of fused-ring (bicyclic) bond motifs is 3. The summed E-state index contributed by atoms with van der Waals surface area (Å²) in [5.41, 5.74) is 2.17. The Morgan fingerprint density at radius 2 is 1.80 bits per heavy atom. The Hall–Kier alpha value is -3.34. The summed E-state index contributed by atoms with van der Waals surface area (Å²) in [6, 6.07) is 13.9. The van der Waals surface area contributed by atoms with E-state index in [0.29, 0.717) is 33.2 Å². The van der Waals surface area contributed by atoms with Gasteiger partial charge in [-0.3, -0.25) is 4.79 Å². The highest BCUT2D eigenvalue weighted by Crippen LogP contribution is 2.34. The molecule has 0 amide bonds. The molecule has 0 saturated carbocycles. The lowest BCUT2D eigenvalue weighted by Gasteiger charge is -2.10. The maximum Gasteiger partial charge on any atom is 0.344 e. The number of benzene rings is 2. The van der Waals surface area contributed by atoms with E-state index in [2.05, 4.69) is 0 Å². The molecule has 4 rings (SSSR count). The number of aromatic hydroxyl groups is 1. The van der Waals surface area contributed by atoms with Crippen LogP contribution in [0.15, 0.2) is 57.7 Å². The lowest BCUT2D eigenvalue weighted by molar-refractivity contribution is 0.101. The van der Waals surface area contributed by atoms with Crippen molar-refractivity contribution in [2.45, 2.75) is 13.8 Å². The molecule has 0 saturated heterocycles. The van der Waals surface area contributed by atoms with Crippen LogP contribution in [0, 0.1) is 6.92 Å². The van der Waals surface area contributed by atoms with Crippen LogP contribution in [0.1, 0.15) is 23.0 Å². The van der Waals surface area contributed by atoms with Crippen molar-refractivity contribution in [1.29, 1.82) is 0 Å². The first-order valence-electron chi connectivity index (χ1n) is 7.86. The van der Waals surface area contributed by atoms with Gasteiger partial charge in [0.1, 0.15) is 5.75 Å². The minimum atomic E-state index is -0.473. The number of hydrogen-bond donors (Lipinski definition) is 1. The van der Waals surface area contributed by atoms with Crippen molar-refractivity contribution in [3.05, 3.63) is 70.2 Å². The van der Waals surface area contributed by atoms with E-state index in [1.807, 2.05) is 22.8 Å². The van der Waals surface area contributed by atoms with Gasteiger partial charge >= 0.3 is 5.63 Å². The molecule has 2 aromatic heterocycles. The summed E-state index contributed by atoms with van der Waals surface area (Å²) in [4.78, 5) is 24.6. The number of phenols is 1. The van der Waals surface area contributed by atoms with E-state index in [1.165, 1.54) is 6.92 Å². The maximum atomic E-state index is 12.4. The van der Waals surface area contributed by atoms with Crippen LogP contribution in [-0.2, 0) is 0 Å². The highest BCUT2D eigenvalue weighted by molar-refractivity contribution is 6.13. The lowest BCUT2D eigenvalue weighted by atomic mass is 10.1. The van der Waals surface area contributed by atoms with Gasteiger partial charge in [-0.2, -0.15) is 0 Å². The number of hydrogen-bond acceptors (Lipinski definition) is 4. The molecule has 5 nitrogen and oxygen atoms in total. The van der Waals surface area contributed by atoms with E-state index in [0.717, 1.165) is 0 Å². The van der Waals surface area contributed by atoms with Crippen LogP contribution in [0.4, 0.5) is 0 Å². The molecule has 0 radical (unpaired) electrons. The fraction of sp³-hybridized carbons (Fsp3) is 0.100. The normalized spacial score (nSPS) is 11.3. The van der Waals surface area contributed by atoms with Crippen molar-refractivity contribution in [2.75, 3.05) is 0 Å². The number of aromatic nitrogens is 1. The van der Waals surface area contributed by atoms with Gasteiger partial charge in [-0.05, 0) is 32.0 Å². The monoisotopic (exact) mass is 333 g/mol. The third kappa shape index (κ3) is 2.16. The fourth-order valence-corrected chi connectivity index (χ4v) is 3.39. The van der Waals surface area contributed by atoms with Crippen molar-refractivity contribution >= 4 is 27.7 Å². The summed E-state index contributed by atoms with van der Waals surface area (Å²) >= 11 is 0. The highest BCUT2D eigenvalue weighted by Gasteiger charge is 2.23. The summed E-state index contributed by atoms with van der Waals surface area (Å²) in [7, 11) is 0. The molecule has 2 aromatic carbocycles. The van der Waals surface area contributed by atoms with Crippen LogP contribution in [-0.4, -0.2) is 15.5 Å². The third-order valence-corrected chi connectivity index (χ3v) is 4.40. The van der Waals surface area contributed by atoms with E-state index in [1.54, 1.807) is 37.3 Å². The predicted octanol–water partition coefficient (Wildman–Crippen LogP) is 3.95. The summed E-state index contributed by atoms with van der Waals surface area (Å²) < 4.78 is 7.37. The topological polar surface area (TPSA) is 72.4 Å². The Kier molecular flexibility index (Phi) is 3.25.